The molecule has 13 nitrogen and oxygen atoms in total. The SMILES string of the molecule is CCCCCOC(=O)C(C)(C)N[P@@](=O)(CO[C@H](C)Cn1cnc2c(N)ncnc21)N[C@H](C)C(=O)OC1CCCC1. The van der Waals surface area contributed by atoms with Gasteiger partial charge in [0.05, 0.1) is 25.6 Å². The third-order valence-corrected chi connectivity index (χ3v) is 8.95. The van der Waals surface area contributed by atoms with Crippen molar-refractivity contribution >= 4 is 36.4 Å². The average molecular weight is 582 g/mol. The normalized spacial score (nSPS) is 17.4. The summed E-state index contributed by atoms with van der Waals surface area (Å²) >= 11 is 0. The lowest BCUT2D eigenvalue weighted by Crippen LogP contribution is -2.50. The van der Waals surface area contributed by atoms with Gasteiger partial charge in [-0.05, 0) is 59.8 Å². The molecule has 0 amide bonds. The number of ether oxygens (including phenoxy) is 3. The van der Waals surface area contributed by atoms with E-state index in [0.717, 1.165) is 44.9 Å². The Balaban J connectivity index is 1.69. The second-order valence-electron chi connectivity index (χ2n) is 10.9. The summed E-state index contributed by atoms with van der Waals surface area (Å²) in [6.07, 6.45) is 8.46. The molecule has 224 valence electrons. The van der Waals surface area contributed by atoms with Gasteiger partial charge in [0.25, 0.3) is 0 Å². The van der Waals surface area contributed by atoms with Gasteiger partial charge in [-0.25, -0.2) is 25.1 Å². The maximum absolute atomic E-state index is 14.2. The number of nitrogens with zero attached hydrogens (tertiary/aromatic N) is 4. The highest BCUT2D eigenvalue weighted by molar-refractivity contribution is 7.59. The summed E-state index contributed by atoms with van der Waals surface area (Å²) in [6, 6.07) is -0.897. The monoisotopic (exact) mass is 581 g/mol. The summed E-state index contributed by atoms with van der Waals surface area (Å²) in [6.45, 7) is 9.27. The molecule has 14 heteroatoms. The number of imidazole rings is 1. The van der Waals surface area contributed by atoms with Crippen LogP contribution in [0, 0.1) is 0 Å². The van der Waals surface area contributed by atoms with Crippen molar-refractivity contribution in [2.75, 3.05) is 18.7 Å². The molecule has 0 saturated heterocycles. The number of rotatable bonds is 16. The zero-order valence-corrected chi connectivity index (χ0v) is 25.1. The zero-order chi connectivity index (χ0) is 29.3. The van der Waals surface area contributed by atoms with Crippen LogP contribution in [0.25, 0.3) is 11.2 Å². The highest BCUT2D eigenvalue weighted by Crippen LogP contribution is 2.40. The molecule has 2 aromatic heterocycles. The molecule has 3 atom stereocenters. The Morgan fingerprint density at radius 1 is 1.20 bits per heavy atom. The fourth-order valence-corrected chi connectivity index (χ4v) is 6.92. The molecule has 0 bridgehead atoms. The van der Waals surface area contributed by atoms with Gasteiger partial charge in [0.1, 0.15) is 35.9 Å². The number of anilines is 1. The Morgan fingerprint density at radius 3 is 2.62 bits per heavy atom. The molecule has 2 aromatic rings. The Labute approximate surface area is 235 Å². The van der Waals surface area contributed by atoms with Gasteiger partial charge in [0.15, 0.2) is 11.5 Å². The van der Waals surface area contributed by atoms with Gasteiger partial charge in [0, 0.05) is 0 Å². The fraction of sp³-hybridized carbons (Fsp3) is 0.731. The van der Waals surface area contributed by atoms with E-state index in [1.165, 1.54) is 6.33 Å². The van der Waals surface area contributed by atoms with Gasteiger partial charge in [0.2, 0.25) is 7.44 Å². The number of aromatic nitrogens is 4. The lowest BCUT2D eigenvalue weighted by Gasteiger charge is -2.32. The first kappa shape index (κ1) is 31.9. The Morgan fingerprint density at radius 2 is 1.93 bits per heavy atom. The van der Waals surface area contributed by atoms with Crippen molar-refractivity contribution in [3.05, 3.63) is 12.7 Å². The average Bonchev–Trinajstić information content (AvgIpc) is 3.56. The van der Waals surface area contributed by atoms with E-state index in [1.54, 1.807) is 31.7 Å². The second-order valence-corrected chi connectivity index (χ2v) is 13.2. The number of nitrogens with two attached hydrogens (primary N) is 1. The number of hydrogen-bond donors (Lipinski definition) is 3. The van der Waals surface area contributed by atoms with Crippen LogP contribution >= 0.6 is 7.44 Å². The van der Waals surface area contributed by atoms with Crippen molar-refractivity contribution in [3.8, 4) is 0 Å². The summed E-state index contributed by atoms with van der Waals surface area (Å²) in [5.41, 5.74) is 5.60. The van der Waals surface area contributed by atoms with Crippen LogP contribution in [0.5, 0.6) is 0 Å². The predicted octanol–water partition coefficient (Wildman–Crippen LogP) is 3.53. The number of nitrogens with one attached hydrogen (secondary N) is 2. The summed E-state index contributed by atoms with van der Waals surface area (Å²) in [7, 11) is -3.69. The van der Waals surface area contributed by atoms with Crippen molar-refractivity contribution in [2.24, 2.45) is 0 Å². The van der Waals surface area contributed by atoms with Crippen molar-refractivity contribution in [1.29, 1.82) is 0 Å². The minimum absolute atomic E-state index is 0.127. The third-order valence-electron chi connectivity index (χ3n) is 6.72. The molecule has 3 rings (SSSR count). The summed E-state index contributed by atoms with van der Waals surface area (Å²) in [4.78, 5) is 38.1. The van der Waals surface area contributed by atoms with E-state index in [9.17, 15) is 14.2 Å². The first-order chi connectivity index (χ1) is 18.9. The van der Waals surface area contributed by atoms with E-state index in [4.69, 9.17) is 19.9 Å². The molecule has 0 aromatic carbocycles. The van der Waals surface area contributed by atoms with Crippen LogP contribution in [-0.2, 0) is 34.9 Å². The molecule has 1 aliphatic rings. The van der Waals surface area contributed by atoms with Crippen molar-refractivity contribution in [3.63, 3.8) is 0 Å². The molecular weight excluding hydrogens is 537 g/mol. The number of unbranched alkanes of at least 4 members (excludes halogenated alkanes) is 2. The molecule has 4 N–H and O–H groups in total. The maximum Gasteiger partial charge on any atom is 0.326 e. The highest BCUT2D eigenvalue weighted by Gasteiger charge is 2.39. The van der Waals surface area contributed by atoms with Crippen molar-refractivity contribution in [2.45, 2.75) is 110 Å². The molecule has 1 aliphatic carbocycles. The van der Waals surface area contributed by atoms with Crippen LogP contribution in [0.3, 0.4) is 0 Å². The van der Waals surface area contributed by atoms with Crippen LogP contribution in [-0.4, -0.2) is 68.2 Å². The van der Waals surface area contributed by atoms with Crippen molar-refractivity contribution in [1.82, 2.24) is 29.7 Å². The number of fused-ring (bicyclic) bond motifs is 1. The predicted molar refractivity (Wildman–Crippen MR) is 151 cm³/mol. The first-order valence-corrected chi connectivity index (χ1v) is 15.9. The van der Waals surface area contributed by atoms with E-state index in [2.05, 4.69) is 32.1 Å². The van der Waals surface area contributed by atoms with E-state index in [-0.39, 0.29) is 24.9 Å². The van der Waals surface area contributed by atoms with Gasteiger partial charge in [-0.3, -0.25) is 14.2 Å². The number of carbonyl (C=O) groups is 2. The quantitative estimate of drug-likeness (QED) is 0.150. The lowest BCUT2D eigenvalue weighted by atomic mass is 10.1. The summed E-state index contributed by atoms with van der Waals surface area (Å²) < 4.78 is 33.0. The Bertz CT molecular complexity index is 1180. The minimum Gasteiger partial charge on any atom is -0.464 e. The molecule has 40 heavy (non-hydrogen) atoms. The van der Waals surface area contributed by atoms with E-state index in [1.807, 2.05) is 6.92 Å². The van der Waals surface area contributed by atoms with Gasteiger partial charge in [-0.2, -0.15) is 0 Å². The summed E-state index contributed by atoms with van der Waals surface area (Å²) in [5, 5.41) is 5.81. The number of nitrogen functional groups attached to an aromatic ring is 1. The molecule has 0 unspecified atom stereocenters. The zero-order valence-electron chi connectivity index (χ0n) is 24.2. The third kappa shape index (κ3) is 8.95. The van der Waals surface area contributed by atoms with Crippen LogP contribution in [0.2, 0.25) is 0 Å². The number of esters is 2. The maximum atomic E-state index is 14.2. The van der Waals surface area contributed by atoms with E-state index >= 15 is 0 Å². The summed E-state index contributed by atoms with van der Waals surface area (Å²) in [5.74, 6) is -0.761. The van der Waals surface area contributed by atoms with E-state index in [0.29, 0.717) is 17.7 Å². The molecule has 0 aliphatic heterocycles. The van der Waals surface area contributed by atoms with Gasteiger partial charge in [-0.1, -0.05) is 19.8 Å². The van der Waals surface area contributed by atoms with Gasteiger partial charge in [-0.15, -0.1) is 0 Å². The topological polar surface area (TPSA) is 173 Å². The van der Waals surface area contributed by atoms with Crippen LogP contribution < -0.4 is 15.9 Å². The molecular formula is C26H44N7O6P. The minimum atomic E-state index is -3.69. The molecule has 1 saturated carbocycles. The Kier molecular flexibility index (Phi) is 11.4. The van der Waals surface area contributed by atoms with Gasteiger partial charge >= 0.3 is 11.9 Å². The molecule has 2 heterocycles. The lowest BCUT2D eigenvalue weighted by molar-refractivity contribution is -0.150. The second kappa shape index (κ2) is 14.3. The van der Waals surface area contributed by atoms with Gasteiger partial charge < -0.3 is 24.5 Å². The smallest absolute Gasteiger partial charge is 0.326 e. The highest BCUT2D eigenvalue weighted by atomic mass is 31.2. The van der Waals surface area contributed by atoms with Crippen LogP contribution in [0.4, 0.5) is 5.82 Å². The Hall–Kier alpha value is -2.60. The van der Waals surface area contributed by atoms with Crippen molar-refractivity contribution < 1.29 is 28.4 Å². The standard InChI is InChI=1S/C26H44N7O6P/c1-6-7-10-13-37-25(35)26(4,5)32-40(36,31-19(3)24(34)39-20-11-8-9-12-20)17-38-18(2)14-33-16-30-21-22(27)28-15-29-23(21)33/h15-16,18-20H,6-14,17H2,1-5H3,(H2,27,28,29)(H2,31,32,36)/t18-,19-,40-/m1/s1. The molecule has 0 radical (unpaired) electrons. The fourth-order valence-electron chi connectivity index (χ4n) is 4.53. The van der Waals surface area contributed by atoms with Crippen LogP contribution in [0.1, 0.15) is 79.6 Å². The van der Waals surface area contributed by atoms with E-state index < -0.39 is 37.1 Å². The number of carbonyl (C=O) groups excluding carboxylic acids is 2. The molecule has 0 spiro atoms. The number of hydrogen-bond acceptors (Lipinski definition) is 10. The largest absolute Gasteiger partial charge is 0.464 e. The van der Waals surface area contributed by atoms with Crippen LogP contribution in [0.15, 0.2) is 12.7 Å². The molecule has 1 fully saturated rings. The first-order valence-electron chi connectivity index (χ1n) is 14.0.